The number of para-hydroxylation sites is 1. The molecule has 1 aliphatic rings. The molecule has 8 nitrogen and oxygen atoms in total. The fourth-order valence-electron chi connectivity index (χ4n) is 3.89. The first-order valence-electron chi connectivity index (χ1n) is 10.1. The molecule has 4 heterocycles. The molecule has 0 fully saturated rings. The van der Waals surface area contributed by atoms with Gasteiger partial charge in [0, 0.05) is 5.56 Å². The highest BCUT2D eigenvalue weighted by atomic mass is 19.1. The lowest BCUT2D eigenvalue weighted by Crippen LogP contribution is -2.10. The molecule has 9 heteroatoms. The predicted molar refractivity (Wildman–Crippen MR) is 113 cm³/mol. The van der Waals surface area contributed by atoms with Gasteiger partial charge in [0.05, 0.1) is 23.6 Å². The molecular weight excluding hydrogens is 411 g/mol. The average Bonchev–Trinajstić information content (AvgIpc) is 3.50. The molecule has 32 heavy (non-hydrogen) atoms. The Bertz CT molecular complexity index is 1440. The topological polar surface area (TPSA) is 83.8 Å². The van der Waals surface area contributed by atoms with Gasteiger partial charge in [-0.2, -0.15) is 0 Å². The number of hydrogen-bond donors (Lipinski definition) is 0. The minimum Gasteiger partial charge on any atom is -0.486 e. The van der Waals surface area contributed by atoms with Crippen molar-refractivity contribution in [3.63, 3.8) is 0 Å². The highest BCUT2D eigenvalue weighted by Crippen LogP contribution is 2.35. The monoisotopic (exact) mass is 428 g/mol. The molecule has 0 bridgehead atoms. The first kappa shape index (κ1) is 18.5. The van der Waals surface area contributed by atoms with Gasteiger partial charge in [0.1, 0.15) is 36.5 Å². The number of imidazole rings is 1. The Hall–Kier alpha value is -4.27. The van der Waals surface area contributed by atoms with E-state index in [4.69, 9.17) is 9.15 Å². The Morgan fingerprint density at radius 2 is 2.00 bits per heavy atom. The average molecular weight is 428 g/mol. The SMILES string of the molecule is Cc1coc(-c2ncn3c2Cn2c(COc4ccccc4)nnc2-c2cc(F)ccc2-3)n1. The first-order valence-corrected chi connectivity index (χ1v) is 10.1. The van der Waals surface area contributed by atoms with Crippen molar-refractivity contribution in [3.05, 3.63) is 84.2 Å². The van der Waals surface area contributed by atoms with E-state index >= 15 is 0 Å². The van der Waals surface area contributed by atoms with Gasteiger partial charge >= 0.3 is 0 Å². The molecular formula is C23H17FN6O2. The largest absolute Gasteiger partial charge is 0.486 e. The van der Waals surface area contributed by atoms with Crippen molar-refractivity contribution >= 4 is 0 Å². The molecule has 3 aromatic heterocycles. The molecule has 0 N–H and O–H groups in total. The fraction of sp³-hybridized carbons (Fsp3) is 0.130. The highest BCUT2D eigenvalue weighted by molar-refractivity contribution is 5.71. The van der Waals surface area contributed by atoms with E-state index in [1.807, 2.05) is 46.4 Å². The summed E-state index contributed by atoms with van der Waals surface area (Å²) in [7, 11) is 0. The van der Waals surface area contributed by atoms with Crippen LogP contribution in [0.4, 0.5) is 4.39 Å². The zero-order chi connectivity index (χ0) is 21.7. The lowest BCUT2D eigenvalue weighted by molar-refractivity contribution is 0.290. The van der Waals surface area contributed by atoms with Crippen molar-refractivity contribution in [1.82, 2.24) is 29.3 Å². The molecule has 2 aromatic carbocycles. The van der Waals surface area contributed by atoms with Gasteiger partial charge in [-0.15, -0.1) is 10.2 Å². The Morgan fingerprint density at radius 1 is 1.12 bits per heavy atom. The van der Waals surface area contributed by atoms with Crippen LogP contribution in [0, 0.1) is 12.7 Å². The van der Waals surface area contributed by atoms with E-state index in [0.29, 0.717) is 35.3 Å². The second-order valence-electron chi connectivity index (χ2n) is 7.49. The number of rotatable bonds is 4. The Morgan fingerprint density at radius 3 is 2.81 bits per heavy atom. The summed E-state index contributed by atoms with van der Waals surface area (Å²) in [6.07, 6.45) is 3.28. The van der Waals surface area contributed by atoms with Crippen molar-refractivity contribution in [2.75, 3.05) is 0 Å². The third-order valence-electron chi connectivity index (χ3n) is 5.39. The first-order chi connectivity index (χ1) is 15.7. The molecule has 0 aliphatic carbocycles. The third kappa shape index (κ3) is 2.97. The van der Waals surface area contributed by atoms with Crippen LogP contribution in [0.25, 0.3) is 28.7 Å². The second kappa shape index (κ2) is 7.16. The van der Waals surface area contributed by atoms with Gasteiger partial charge in [-0.05, 0) is 37.3 Å². The van der Waals surface area contributed by atoms with Crippen molar-refractivity contribution < 1.29 is 13.5 Å². The van der Waals surface area contributed by atoms with Gasteiger partial charge in [0.25, 0.3) is 0 Å². The van der Waals surface area contributed by atoms with E-state index in [2.05, 4.69) is 20.2 Å². The van der Waals surface area contributed by atoms with Crippen LogP contribution in [0.2, 0.25) is 0 Å². The van der Waals surface area contributed by atoms with Gasteiger partial charge in [0.2, 0.25) is 5.89 Å². The van der Waals surface area contributed by atoms with Gasteiger partial charge in [-0.3, -0.25) is 4.57 Å². The molecule has 0 saturated heterocycles. The molecule has 158 valence electrons. The lowest BCUT2D eigenvalue weighted by Gasteiger charge is -2.10. The number of benzene rings is 2. The third-order valence-corrected chi connectivity index (χ3v) is 5.39. The molecule has 5 aromatic rings. The molecule has 0 amide bonds. The second-order valence-corrected chi connectivity index (χ2v) is 7.49. The maximum absolute atomic E-state index is 14.2. The fourth-order valence-corrected chi connectivity index (χ4v) is 3.89. The zero-order valence-electron chi connectivity index (χ0n) is 17.1. The van der Waals surface area contributed by atoms with Crippen molar-refractivity contribution in [2.45, 2.75) is 20.1 Å². The van der Waals surface area contributed by atoms with Crippen LogP contribution in [0.15, 0.2) is 65.5 Å². The van der Waals surface area contributed by atoms with Gasteiger partial charge < -0.3 is 13.7 Å². The summed E-state index contributed by atoms with van der Waals surface area (Å²) in [6, 6.07) is 14.1. The maximum Gasteiger partial charge on any atom is 0.247 e. The predicted octanol–water partition coefficient (Wildman–Crippen LogP) is 4.17. The summed E-state index contributed by atoms with van der Waals surface area (Å²) in [6.45, 7) is 2.46. The lowest BCUT2D eigenvalue weighted by atomic mass is 10.1. The van der Waals surface area contributed by atoms with Crippen LogP contribution in [-0.2, 0) is 13.2 Å². The summed E-state index contributed by atoms with van der Waals surface area (Å²) >= 11 is 0. The summed E-state index contributed by atoms with van der Waals surface area (Å²) < 4.78 is 29.6. The van der Waals surface area contributed by atoms with E-state index in [1.165, 1.54) is 12.1 Å². The zero-order valence-corrected chi connectivity index (χ0v) is 17.1. The van der Waals surface area contributed by atoms with Gasteiger partial charge in [-0.1, -0.05) is 18.2 Å². The Kier molecular flexibility index (Phi) is 4.14. The number of hydrogen-bond acceptors (Lipinski definition) is 6. The van der Waals surface area contributed by atoms with Gasteiger partial charge in [0.15, 0.2) is 11.6 Å². The van der Waals surface area contributed by atoms with Crippen LogP contribution in [0.3, 0.4) is 0 Å². The van der Waals surface area contributed by atoms with Crippen LogP contribution in [0.5, 0.6) is 5.75 Å². The summed E-state index contributed by atoms with van der Waals surface area (Å²) in [5, 5.41) is 8.72. The van der Waals surface area contributed by atoms with Crippen LogP contribution >= 0.6 is 0 Å². The van der Waals surface area contributed by atoms with Crippen molar-refractivity contribution in [1.29, 1.82) is 0 Å². The highest BCUT2D eigenvalue weighted by Gasteiger charge is 2.28. The summed E-state index contributed by atoms with van der Waals surface area (Å²) in [5.74, 6) is 1.98. The summed E-state index contributed by atoms with van der Waals surface area (Å²) in [4.78, 5) is 8.99. The minimum atomic E-state index is -0.354. The Labute approximate surface area is 182 Å². The molecule has 6 rings (SSSR count). The molecule has 0 atom stereocenters. The summed E-state index contributed by atoms with van der Waals surface area (Å²) in [5.41, 5.74) is 3.59. The van der Waals surface area contributed by atoms with E-state index in [1.54, 1.807) is 18.7 Å². The molecule has 0 spiro atoms. The van der Waals surface area contributed by atoms with E-state index in [-0.39, 0.29) is 12.4 Å². The van der Waals surface area contributed by atoms with E-state index < -0.39 is 0 Å². The smallest absolute Gasteiger partial charge is 0.247 e. The van der Waals surface area contributed by atoms with Gasteiger partial charge in [-0.25, -0.2) is 14.4 Å². The number of oxazole rings is 1. The maximum atomic E-state index is 14.2. The van der Waals surface area contributed by atoms with E-state index in [0.717, 1.165) is 22.8 Å². The van der Waals surface area contributed by atoms with Crippen molar-refractivity contribution in [2.24, 2.45) is 0 Å². The molecule has 0 unspecified atom stereocenters. The minimum absolute atomic E-state index is 0.212. The molecule has 0 radical (unpaired) electrons. The number of halogens is 1. The number of fused-ring (bicyclic) bond motifs is 5. The quantitative estimate of drug-likeness (QED) is 0.419. The Balaban J connectivity index is 1.49. The number of aryl methyl sites for hydroxylation is 1. The molecule has 0 saturated carbocycles. The number of aromatic nitrogens is 6. The molecule has 1 aliphatic heterocycles. The normalized spacial score (nSPS) is 12.1. The number of nitrogens with zero attached hydrogens (tertiary/aromatic N) is 6. The van der Waals surface area contributed by atoms with Crippen LogP contribution in [0.1, 0.15) is 17.2 Å². The standard InChI is InChI=1S/C23H17FN6O2/c1-14-11-32-23(26-14)21-19-10-29-20(12-31-16-5-3-2-4-6-16)27-28-22(29)17-9-15(24)7-8-18(17)30(19)13-25-21/h2-9,11,13H,10,12H2,1H3. The number of ether oxygens (including phenoxy) is 1. The van der Waals surface area contributed by atoms with E-state index in [9.17, 15) is 4.39 Å². The van der Waals surface area contributed by atoms with Crippen LogP contribution < -0.4 is 4.74 Å². The van der Waals surface area contributed by atoms with Crippen molar-refractivity contribution in [3.8, 4) is 34.4 Å². The van der Waals surface area contributed by atoms with Crippen LogP contribution in [-0.4, -0.2) is 29.3 Å².